The Morgan fingerprint density at radius 3 is 2.83 bits per heavy atom. The third kappa shape index (κ3) is 3.70. The van der Waals surface area contributed by atoms with E-state index in [1.165, 1.54) is 19.2 Å². The minimum Gasteiger partial charge on any atom is -0.453 e. The summed E-state index contributed by atoms with van der Waals surface area (Å²) in [6.07, 6.45) is 0.843. The largest absolute Gasteiger partial charge is 0.453 e. The summed E-state index contributed by atoms with van der Waals surface area (Å²) in [5.74, 6) is -0.336. The number of amides is 1. The zero-order valence-corrected chi connectivity index (χ0v) is 13.9. The fourth-order valence-electron chi connectivity index (χ4n) is 2.69. The lowest BCUT2D eigenvalue weighted by Gasteiger charge is -2.20. The molecule has 0 spiro atoms. The van der Waals surface area contributed by atoms with Gasteiger partial charge in [-0.3, -0.25) is 5.32 Å². The van der Waals surface area contributed by atoms with Gasteiger partial charge < -0.3 is 14.8 Å². The van der Waals surface area contributed by atoms with Gasteiger partial charge in [0.15, 0.2) is 9.84 Å². The van der Waals surface area contributed by atoms with Crippen molar-refractivity contribution < 1.29 is 22.7 Å². The Labute approximate surface area is 135 Å². The second-order valence-corrected chi connectivity index (χ2v) is 7.54. The first-order valence-corrected chi connectivity index (χ1v) is 8.98. The van der Waals surface area contributed by atoms with Crippen molar-refractivity contribution in [2.45, 2.75) is 24.3 Å². The van der Waals surface area contributed by atoms with Crippen LogP contribution in [0.25, 0.3) is 0 Å². The van der Waals surface area contributed by atoms with E-state index in [4.69, 9.17) is 0 Å². The number of sulfone groups is 1. The van der Waals surface area contributed by atoms with Gasteiger partial charge in [-0.15, -0.1) is 0 Å². The molecule has 1 aliphatic rings. The third-order valence-corrected chi connectivity index (χ3v) is 5.74. The molecule has 2 N–H and O–H groups in total. The van der Waals surface area contributed by atoms with Crippen LogP contribution in [0.4, 0.5) is 10.5 Å². The summed E-state index contributed by atoms with van der Waals surface area (Å²) < 4.78 is 29.2. The van der Waals surface area contributed by atoms with Crippen LogP contribution >= 0.6 is 0 Å². The molecule has 1 aromatic rings. The lowest BCUT2D eigenvalue weighted by molar-refractivity contribution is -0.111. The van der Waals surface area contributed by atoms with Gasteiger partial charge in [-0.25, -0.2) is 13.2 Å². The van der Waals surface area contributed by atoms with Crippen molar-refractivity contribution in [2.75, 3.05) is 24.7 Å². The highest BCUT2D eigenvalue weighted by Crippen LogP contribution is 2.34. The van der Waals surface area contributed by atoms with Crippen LogP contribution in [-0.2, 0) is 19.4 Å². The lowest BCUT2D eigenvalue weighted by atomic mass is 9.95. The predicted octanol–water partition coefficient (Wildman–Crippen LogP) is 1.51. The molecular formula is C15H20N2O5S. The van der Waals surface area contributed by atoms with Gasteiger partial charge in [-0.05, 0) is 36.7 Å². The zero-order chi connectivity index (χ0) is 17.0. The summed E-state index contributed by atoms with van der Waals surface area (Å²) in [7, 11) is -2.21. The van der Waals surface area contributed by atoms with E-state index in [-0.39, 0.29) is 22.6 Å². The number of aldehydes is 1. The van der Waals surface area contributed by atoms with Crippen LogP contribution in [0, 0.1) is 5.92 Å². The summed E-state index contributed by atoms with van der Waals surface area (Å²) in [6, 6.07) is 4.16. The standard InChI is InChI=1S/C15H20N2O5S/c1-3-23(20,21)13-5-4-11(17-15(19)22-2)8-12(13)14-10(9-18)6-7-16-14/h4-5,8-10,14,16H,3,6-7H2,1-2H3,(H,17,19)/t10-,14-/m0/s1. The zero-order valence-electron chi connectivity index (χ0n) is 13.0. The number of benzene rings is 1. The number of ether oxygens (including phenoxy) is 1. The quantitative estimate of drug-likeness (QED) is 0.788. The first-order chi connectivity index (χ1) is 10.9. The minimum absolute atomic E-state index is 0.0394. The molecule has 0 aliphatic carbocycles. The van der Waals surface area contributed by atoms with Crippen LogP contribution in [0.15, 0.2) is 23.1 Å². The Morgan fingerprint density at radius 1 is 1.48 bits per heavy atom. The Hall–Kier alpha value is -1.93. The minimum atomic E-state index is -3.45. The molecule has 126 valence electrons. The van der Waals surface area contributed by atoms with E-state index >= 15 is 0 Å². The number of nitrogens with one attached hydrogen (secondary N) is 2. The van der Waals surface area contributed by atoms with E-state index in [0.717, 1.165) is 6.29 Å². The first-order valence-electron chi connectivity index (χ1n) is 7.33. The number of hydrogen-bond acceptors (Lipinski definition) is 6. The normalized spacial score (nSPS) is 21.0. The summed E-state index contributed by atoms with van der Waals surface area (Å²) >= 11 is 0. The van der Waals surface area contributed by atoms with E-state index in [0.29, 0.717) is 24.2 Å². The highest BCUT2D eigenvalue weighted by atomic mass is 32.2. The molecule has 1 aliphatic heterocycles. The molecule has 1 heterocycles. The van der Waals surface area contributed by atoms with Crippen LogP contribution in [-0.4, -0.2) is 40.2 Å². The molecule has 1 fully saturated rings. The van der Waals surface area contributed by atoms with Gasteiger partial charge in [0.05, 0.1) is 17.8 Å². The van der Waals surface area contributed by atoms with Crippen LogP contribution in [0.2, 0.25) is 0 Å². The number of methoxy groups -OCH3 is 1. The van der Waals surface area contributed by atoms with Gasteiger partial charge in [0, 0.05) is 17.6 Å². The summed E-state index contributed by atoms with van der Waals surface area (Å²) in [4.78, 5) is 22.8. The molecule has 0 unspecified atom stereocenters. The number of anilines is 1. The molecule has 8 heteroatoms. The van der Waals surface area contributed by atoms with E-state index in [2.05, 4.69) is 15.4 Å². The van der Waals surface area contributed by atoms with E-state index < -0.39 is 15.9 Å². The maximum absolute atomic E-state index is 12.3. The predicted molar refractivity (Wildman–Crippen MR) is 85.1 cm³/mol. The van der Waals surface area contributed by atoms with E-state index in [1.807, 2.05) is 0 Å². The molecule has 0 saturated carbocycles. The lowest BCUT2D eigenvalue weighted by Crippen LogP contribution is -2.22. The summed E-state index contributed by atoms with van der Waals surface area (Å²) in [5, 5.41) is 5.68. The van der Waals surface area contributed by atoms with Crippen molar-refractivity contribution >= 4 is 27.9 Å². The summed E-state index contributed by atoms with van der Waals surface area (Å²) in [5.41, 5.74) is 0.913. The second-order valence-electron chi connectivity index (χ2n) is 5.29. The highest BCUT2D eigenvalue weighted by Gasteiger charge is 2.32. The monoisotopic (exact) mass is 340 g/mol. The molecule has 23 heavy (non-hydrogen) atoms. The highest BCUT2D eigenvalue weighted by molar-refractivity contribution is 7.91. The topological polar surface area (TPSA) is 102 Å². The average molecular weight is 340 g/mol. The number of hydrogen-bond donors (Lipinski definition) is 2. The molecule has 0 aromatic heterocycles. The Kier molecular flexibility index (Phi) is 5.38. The molecule has 0 radical (unpaired) electrons. The molecule has 1 saturated heterocycles. The van der Waals surface area contributed by atoms with Crippen molar-refractivity contribution in [3.63, 3.8) is 0 Å². The molecule has 1 aromatic carbocycles. The van der Waals surface area contributed by atoms with Crippen molar-refractivity contribution in [3.05, 3.63) is 23.8 Å². The molecule has 1 amide bonds. The smallest absolute Gasteiger partial charge is 0.411 e. The van der Waals surface area contributed by atoms with Gasteiger partial charge in [0.25, 0.3) is 0 Å². The molecular weight excluding hydrogens is 320 g/mol. The second kappa shape index (κ2) is 7.10. The fraction of sp³-hybridized carbons (Fsp3) is 0.467. The summed E-state index contributed by atoms with van der Waals surface area (Å²) in [6.45, 7) is 2.20. The Bertz CT molecular complexity index is 702. The van der Waals surface area contributed by atoms with E-state index in [1.54, 1.807) is 13.0 Å². The van der Waals surface area contributed by atoms with Gasteiger partial charge in [-0.1, -0.05) is 6.92 Å². The van der Waals surface area contributed by atoms with Crippen molar-refractivity contribution in [1.82, 2.24) is 5.32 Å². The maximum atomic E-state index is 12.3. The maximum Gasteiger partial charge on any atom is 0.411 e. The number of carbonyl (C=O) groups excluding carboxylic acids is 2. The van der Waals surface area contributed by atoms with Crippen LogP contribution < -0.4 is 10.6 Å². The van der Waals surface area contributed by atoms with Crippen LogP contribution in [0.1, 0.15) is 24.9 Å². The van der Waals surface area contributed by atoms with Gasteiger partial charge >= 0.3 is 6.09 Å². The van der Waals surface area contributed by atoms with E-state index in [9.17, 15) is 18.0 Å². The first kappa shape index (κ1) is 17.4. The van der Waals surface area contributed by atoms with Gasteiger partial charge in [-0.2, -0.15) is 0 Å². The fourth-order valence-corrected chi connectivity index (χ4v) is 3.82. The van der Waals surface area contributed by atoms with Crippen LogP contribution in [0.5, 0.6) is 0 Å². The third-order valence-electron chi connectivity index (χ3n) is 3.94. The van der Waals surface area contributed by atoms with Crippen LogP contribution in [0.3, 0.4) is 0 Å². The number of carbonyl (C=O) groups is 2. The average Bonchev–Trinajstić information content (AvgIpc) is 3.03. The molecule has 7 nitrogen and oxygen atoms in total. The van der Waals surface area contributed by atoms with Gasteiger partial charge in [0.1, 0.15) is 6.29 Å². The van der Waals surface area contributed by atoms with Crippen molar-refractivity contribution in [3.8, 4) is 0 Å². The number of rotatable bonds is 5. The van der Waals surface area contributed by atoms with Gasteiger partial charge in [0.2, 0.25) is 0 Å². The molecule has 2 atom stereocenters. The SMILES string of the molecule is CCS(=O)(=O)c1ccc(NC(=O)OC)cc1[C@H]1NCC[C@H]1C=O. The van der Waals surface area contributed by atoms with Crippen molar-refractivity contribution in [2.24, 2.45) is 5.92 Å². The van der Waals surface area contributed by atoms with Crippen molar-refractivity contribution in [1.29, 1.82) is 0 Å². The molecule has 0 bridgehead atoms. The Balaban J connectivity index is 2.51. The molecule has 2 rings (SSSR count). The Morgan fingerprint density at radius 2 is 2.22 bits per heavy atom.